The molecule has 0 aromatic heterocycles. The summed E-state index contributed by atoms with van der Waals surface area (Å²) in [7, 11) is 0. The van der Waals surface area contributed by atoms with Crippen molar-refractivity contribution < 1.29 is 34.2 Å². The number of rotatable bonds is 13. The fourth-order valence-electron chi connectivity index (χ4n) is 4.94. The summed E-state index contributed by atoms with van der Waals surface area (Å²) < 4.78 is 0. The van der Waals surface area contributed by atoms with E-state index >= 15 is 0 Å². The summed E-state index contributed by atoms with van der Waals surface area (Å²) in [4.78, 5) is 67.8. The highest BCUT2D eigenvalue weighted by Gasteiger charge is 2.39. The van der Waals surface area contributed by atoms with Crippen LogP contribution in [0.1, 0.15) is 63.3 Å². The number of hydrogen-bond donors (Lipinski definition) is 6. The number of anilines is 1. The smallest absolute Gasteiger partial charge is 0.327 e. The number of thioether (sulfide) groups is 1. The lowest BCUT2D eigenvalue weighted by Gasteiger charge is -2.25. The molecule has 1 heterocycles. The fraction of sp³-hybridized carbons (Fsp3) is 0.424. The molecule has 0 saturated heterocycles. The average molecular weight is 680 g/mol. The van der Waals surface area contributed by atoms with Gasteiger partial charge in [-0.15, -0.1) is 0 Å². The van der Waals surface area contributed by atoms with E-state index in [1.165, 1.54) is 11.8 Å². The van der Waals surface area contributed by atoms with Crippen LogP contribution in [0.5, 0.6) is 0 Å². The average Bonchev–Trinajstić information content (AvgIpc) is 3.37. The zero-order valence-electron chi connectivity index (χ0n) is 27.5. The number of guanidine groups is 1. The standard InChI is InChI=1S/C33H41N7O7S/c1-19-6-8-22(9-7-19)36-32(35-18-34)37-23-10-11-24-21(14-23)16-40(20(2)41)28(24)29(43)39-26(31(46)47)17-48-13-12-25(30(44)45)38-27(42)15-33(3,4)5/h6-11,14,25-26,28H,12-13,15-17H2,1-5H3,(H,38,42)(H,39,43)(H,44,45)(H,46,47)(H2,35,36,37). The van der Waals surface area contributed by atoms with E-state index in [0.717, 1.165) is 17.3 Å². The largest absolute Gasteiger partial charge is 0.480 e. The molecule has 0 aliphatic carbocycles. The van der Waals surface area contributed by atoms with E-state index in [4.69, 9.17) is 0 Å². The quantitative estimate of drug-likeness (QED) is 0.0594. The minimum atomic E-state index is -1.32. The molecule has 6 N–H and O–H groups in total. The molecule has 3 atom stereocenters. The second kappa shape index (κ2) is 16.6. The number of carboxylic acids is 2. The maximum absolute atomic E-state index is 13.5. The maximum Gasteiger partial charge on any atom is 0.327 e. The monoisotopic (exact) mass is 679 g/mol. The molecule has 0 radical (unpaired) electrons. The van der Waals surface area contributed by atoms with E-state index in [2.05, 4.69) is 26.3 Å². The molecule has 0 spiro atoms. The normalized spacial score (nSPS) is 15.4. The Morgan fingerprint density at radius 3 is 2.29 bits per heavy atom. The van der Waals surface area contributed by atoms with Crippen molar-refractivity contribution in [3.63, 3.8) is 0 Å². The molecule has 1 aliphatic heterocycles. The number of nitrogens with zero attached hydrogens (tertiary/aromatic N) is 3. The van der Waals surface area contributed by atoms with Crippen LogP contribution in [0.2, 0.25) is 0 Å². The first-order valence-electron chi connectivity index (χ1n) is 15.2. The summed E-state index contributed by atoms with van der Waals surface area (Å²) in [6, 6.07) is 8.89. The molecular weight excluding hydrogens is 638 g/mol. The van der Waals surface area contributed by atoms with E-state index in [1.807, 2.05) is 46.0 Å². The summed E-state index contributed by atoms with van der Waals surface area (Å²) >= 11 is 1.13. The highest BCUT2D eigenvalue weighted by Crippen LogP contribution is 2.36. The van der Waals surface area contributed by atoms with Gasteiger partial charge in [0.15, 0.2) is 6.19 Å². The Balaban J connectivity index is 1.68. The second-order valence-electron chi connectivity index (χ2n) is 12.6. The van der Waals surface area contributed by atoms with E-state index < -0.39 is 36.0 Å². The molecule has 1 aliphatic rings. The molecular formula is C33H41N7O7S. The number of aryl methyl sites for hydroxylation is 1. The van der Waals surface area contributed by atoms with Crippen LogP contribution < -0.4 is 21.3 Å². The van der Waals surface area contributed by atoms with Gasteiger partial charge in [-0.25, -0.2) is 14.6 Å². The number of carboxylic acid groups (broad SMARTS) is 2. The molecule has 2 aromatic carbocycles. The van der Waals surface area contributed by atoms with Crippen molar-refractivity contribution in [2.45, 2.75) is 72.1 Å². The van der Waals surface area contributed by atoms with Crippen molar-refractivity contribution in [3.05, 3.63) is 59.2 Å². The predicted molar refractivity (Wildman–Crippen MR) is 181 cm³/mol. The number of nitriles is 1. The van der Waals surface area contributed by atoms with Gasteiger partial charge in [-0.05, 0) is 59.9 Å². The Hall–Kier alpha value is -5.10. The van der Waals surface area contributed by atoms with Crippen molar-refractivity contribution >= 4 is 58.8 Å². The van der Waals surface area contributed by atoms with Crippen LogP contribution in [-0.2, 0) is 30.5 Å². The Labute approximate surface area is 283 Å². The SMILES string of the molecule is CC(=O)N1Cc2cc(NC(=Nc3ccc(C)cc3)NC#N)ccc2C1C(=O)NC(CSCCC(NC(=O)CC(C)(C)C)C(=O)O)C(=O)O. The lowest BCUT2D eigenvalue weighted by Crippen LogP contribution is -2.47. The zero-order valence-corrected chi connectivity index (χ0v) is 28.3. The number of aliphatic carboxylic acids is 2. The summed E-state index contributed by atoms with van der Waals surface area (Å²) in [6.07, 6.45) is 2.05. The zero-order chi connectivity index (χ0) is 35.6. The number of carbonyl (C=O) groups is 5. The molecule has 3 rings (SSSR count). The molecule has 3 unspecified atom stereocenters. The Morgan fingerprint density at radius 1 is 1.04 bits per heavy atom. The van der Waals surface area contributed by atoms with Crippen molar-refractivity contribution in [1.29, 1.82) is 5.26 Å². The van der Waals surface area contributed by atoms with Crippen molar-refractivity contribution in [1.82, 2.24) is 20.9 Å². The van der Waals surface area contributed by atoms with Crippen molar-refractivity contribution in [3.8, 4) is 6.19 Å². The van der Waals surface area contributed by atoms with Crippen LogP contribution in [0.3, 0.4) is 0 Å². The first-order chi connectivity index (χ1) is 22.6. The fourth-order valence-corrected chi connectivity index (χ4v) is 5.97. The Kier molecular flexibility index (Phi) is 13.0. The topological polar surface area (TPSA) is 213 Å². The van der Waals surface area contributed by atoms with Crippen LogP contribution in [0, 0.1) is 23.8 Å². The molecule has 3 amide bonds. The molecule has 48 heavy (non-hydrogen) atoms. The number of carbonyl (C=O) groups excluding carboxylic acids is 3. The van der Waals surface area contributed by atoms with Gasteiger partial charge < -0.3 is 31.1 Å². The first kappa shape index (κ1) is 37.4. The van der Waals surface area contributed by atoms with E-state index in [9.17, 15) is 39.4 Å². The molecule has 14 nitrogen and oxygen atoms in total. The first-order valence-corrected chi connectivity index (χ1v) is 16.3. The van der Waals surface area contributed by atoms with Crippen LogP contribution in [-0.4, -0.2) is 74.3 Å². The van der Waals surface area contributed by atoms with Gasteiger partial charge in [0, 0.05) is 31.3 Å². The molecule has 2 aromatic rings. The maximum atomic E-state index is 13.5. The van der Waals surface area contributed by atoms with Gasteiger partial charge in [-0.3, -0.25) is 19.7 Å². The lowest BCUT2D eigenvalue weighted by molar-refractivity contribution is -0.143. The highest BCUT2D eigenvalue weighted by molar-refractivity contribution is 7.99. The second-order valence-corrected chi connectivity index (χ2v) is 13.7. The lowest BCUT2D eigenvalue weighted by atomic mass is 9.92. The third-order valence-corrected chi connectivity index (χ3v) is 8.32. The van der Waals surface area contributed by atoms with Gasteiger partial charge in [0.2, 0.25) is 23.7 Å². The number of amides is 3. The highest BCUT2D eigenvalue weighted by atomic mass is 32.2. The van der Waals surface area contributed by atoms with Crippen LogP contribution >= 0.6 is 11.8 Å². The molecule has 256 valence electrons. The number of benzene rings is 2. The molecule has 0 saturated carbocycles. The van der Waals surface area contributed by atoms with Gasteiger partial charge in [0.1, 0.15) is 18.1 Å². The van der Waals surface area contributed by atoms with Gasteiger partial charge in [0.05, 0.1) is 5.69 Å². The summed E-state index contributed by atoms with van der Waals surface area (Å²) in [5, 5.41) is 39.2. The van der Waals surface area contributed by atoms with Gasteiger partial charge >= 0.3 is 11.9 Å². The van der Waals surface area contributed by atoms with Gasteiger partial charge in [-0.2, -0.15) is 17.0 Å². The number of fused-ring (bicyclic) bond motifs is 1. The number of aliphatic imine (C=N–C) groups is 1. The molecule has 15 heteroatoms. The van der Waals surface area contributed by atoms with Crippen LogP contribution in [0.15, 0.2) is 47.5 Å². The van der Waals surface area contributed by atoms with E-state index in [0.29, 0.717) is 22.5 Å². The minimum Gasteiger partial charge on any atom is -0.480 e. The molecule has 0 fully saturated rings. The summed E-state index contributed by atoms with van der Waals surface area (Å²) in [5.41, 5.74) is 3.06. The summed E-state index contributed by atoms with van der Waals surface area (Å²) in [5.74, 6) is -3.63. The van der Waals surface area contributed by atoms with Crippen molar-refractivity contribution in [2.75, 3.05) is 16.8 Å². The number of nitrogens with one attached hydrogen (secondary N) is 4. The third-order valence-electron chi connectivity index (χ3n) is 7.23. The van der Waals surface area contributed by atoms with E-state index in [-0.39, 0.29) is 54.1 Å². The van der Waals surface area contributed by atoms with Gasteiger partial charge in [0.25, 0.3) is 0 Å². The van der Waals surface area contributed by atoms with Crippen LogP contribution in [0.4, 0.5) is 11.4 Å². The predicted octanol–water partition coefficient (Wildman–Crippen LogP) is 3.27. The molecule has 0 bridgehead atoms. The Morgan fingerprint density at radius 2 is 1.71 bits per heavy atom. The van der Waals surface area contributed by atoms with E-state index in [1.54, 1.807) is 30.3 Å². The van der Waals surface area contributed by atoms with Gasteiger partial charge in [-0.1, -0.05) is 44.5 Å². The van der Waals surface area contributed by atoms with Crippen molar-refractivity contribution in [2.24, 2.45) is 10.4 Å². The minimum absolute atomic E-state index is 0.0575. The number of hydrogen-bond acceptors (Lipinski definition) is 8. The van der Waals surface area contributed by atoms with Crippen LogP contribution in [0.25, 0.3) is 0 Å². The summed E-state index contributed by atoms with van der Waals surface area (Å²) in [6.45, 7) is 8.95. The Bertz CT molecular complexity index is 1600. The third kappa shape index (κ3) is 11.0.